The predicted molar refractivity (Wildman–Crippen MR) is 76.6 cm³/mol. The van der Waals surface area contributed by atoms with Crippen molar-refractivity contribution in [2.24, 2.45) is 5.73 Å². The number of hydrogen-bond acceptors (Lipinski definition) is 4. The van der Waals surface area contributed by atoms with Gasteiger partial charge >= 0.3 is 0 Å². The van der Waals surface area contributed by atoms with Crippen molar-refractivity contribution in [3.63, 3.8) is 0 Å². The Morgan fingerprint density at radius 3 is 2.94 bits per heavy atom. The number of Topliss-reactive ketones (excluding diaryl/α,β-unsaturated/α-hetero) is 1. The second-order valence-corrected chi connectivity index (χ2v) is 5.12. The highest BCUT2D eigenvalue weighted by atomic mass is 32.2. The first-order valence-corrected chi connectivity index (χ1v) is 6.72. The fraction of sp³-hybridized carbons (Fsp3) is 0.214. The van der Waals surface area contributed by atoms with Gasteiger partial charge in [0, 0.05) is 22.4 Å². The number of thioether (sulfide) groups is 1. The summed E-state index contributed by atoms with van der Waals surface area (Å²) >= 11 is 1.66. The standard InChI is InChI=1S/C14H16N2OS/c1-3-14(15)16-8-11(10(2)17)9-18-13-7-5-4-6-12(13)16/h3-8,14H,1,9,15H2,2H3. The quantitative estimate of drug-likeness (QED) is 0.848. The van der Waals surface area contributed by atoms with Crippen molar-refractivity contribution in [2.45, 2.75) is 18.0 Å². The topological polar surface area (TPSA) is 46.3 Å². The van der Waals surface area contributed by atoms with E-state index in [9.17, 15) is 4.79 Å². The summed E-state index contributed by atoms with van der Waals surface area (Å²) in [5, 5.41) is 0. The summed E-state index contributed by atoms with van der Waals surface area (Å²) in [5.41, 5.74) is 7.83. The van der Waals surface area contributed by atoms with Crippen LogP contribution in [0.2, 0.25) is 0 Å². The number of benzene rings is 1. The van der Waals surface area contributed by atoms with Gasteiger partial charge in [-0.25, -0.2) is 0 Å². The van der Waals surface area contributed by atoms with Crippen LogP contribution in [0.5, 0.6) is 0 Å². The molecule has 1 aliphatic rings. The third kappa shape index (κ3) is 2.49. The minimum absolute atomic E-state index is 0.0802. The maximum absolute atomic E-state index is 11.6. The maximum Gasteiger partial charge on any atom is 0.158 e. The van der Waals surface area contributed by atoms with Gasteiger partial charge in [-0.1, -0.05) is 24.8 Å². The van der Waals surface area contributed by atoms with Gasteiger partial charge in [-0.2, -0.15) is 0 Å². The van der Waals surface area contributed by atoms with Crippen LogP contribution in [0, 0.1) is 0 Å². The lowest BCUT2D eigenvalue weighted by molar-refractivity contribution is -0.113. The number of para-hydroxylation sites is 1. The van der Waals surface area contributed by atoms with E-state index in [4.69, 9.17) is 5.73 Å². The van der Waals surface area contributed by atoms with Gasteiger partial charge in [-0.15, -0.1) is 11.8 Å². The number of fused-ring (bicyclic) bond motifs is 1. The Morgan fingerprint density at radius 2 is 2.28 bits per heavy atom. The Morgan fingerprint density at radius 1 is 1.56 bits per heavy atom. The van der Waals surface area contributed by atoms with E-state index in [0.29, 0.717) is 5.75 Å². The number of nitrogens with two attached hydrogens (primary N) is 1. The zero-order chi connectivity index (χ0) is 13.1. The average molecular weight is 260 g/mol. The molecule has 94 valence electrons. The van der Waals surface area contributed by atoms with Crippen LogP contribution in [0.1, 0.15) is 6.92 Å². The smallest absolute Gasteiger partial charge is 0.158 e. The number of carbonyl (C=O) groups excluding carboxylic acids is 1. The highest BCUT2D eigenvalue weighted by Gasteiger charge is 2.20. The Balaban J connectivity index is 2.49. The van der Waals surface area contributed by atoms with Crippen LogP contribution in [-0.2, 0) is 4.79 Å². The summed E-state index contributed by atoms with van der Waals surface area (Å²) in [4.78, 5) is 14.6. The molecule has 18 heavy (non-hydrogen) atoms. The SMILES string of the molecule is C=CC(N)N1C=C(C(C)=O)CSc2ccccc21. The van der Waals surface area contributed by atoms with Crippen molar-refractivity contribution in [1.82, 2.24) is 0 Å². The van der Waals surface area contributed by atoms with Gasteiger partial charge in [0.2, 0.25) is 0 Å². The van der Waals surface area contributed by atoms with Gasteiger partial charge < -0.3 is 10.6 Å². The Bertz CT molecular complexity index is 510. The zero-order valence-corrected chi connectivity index (χ0v) is 11.1. The molecule has 0 aromatic heterocycles. The Hall–Kier alpha value is -1.52. The Kier molecular flexibility index (Phi) is 3.89. The summed E-state index contributed by atoms with van der Waals surface area (Å²) in [6.45, 7) is 5.30. The van der Waals surface area contributed by atoms with Crippen LogP contribution in [0.15, 0.2) is 53.6 Å². The van der Waals surface area contributed by atoms with E-state index < -0.39 is 0 Å². The highest BCUT2D eigenvalue weighted by molar-refractivity contribution is 7.99. The first-order valence-electron chi connectivity index (χ1n) is 5.73. The van der Waals surface area contributed by atoms with Crippen LogP contribution in [-0.4, -0.2) is 17.7 Å². The van der Waals surface area contributed by atoms with Gasteiger partial charge in [0.1, 0.15) is 6.17 Å². The molecular formula is C14H16N2OS. The molecule has 2 N–H and O–H groups in total. The molecule has 2 rings (SSSR count). The molecule has 1 heterocycles. The number of hydrogen-bond donors (Lipinski definition) is 1. The van der Waals surface area contributed by atoms with E-state index in [1.165, 1.54) is 0 Å². The van der Waals surface area contributed by atoms with E-state index in [0.717, 1.165) is 16.2 Å². The third-order valence-corrected chi connectivity index (χ3v) is 3.95. The molecule has 4 heteroatoms. The summed E-state index contributed by atoms with van der Waals surface area (Å²) in [6, 6.07) is 8.00. The van der Waals surface area contributed by atoms with Crippen LogP contribution >= 0.6 is 11.8 Å². The number of carbonyl (C=O) groups is 1. The molecule has 1 unspecified atom stereocenters. The lowest BCUT2D eigenvalue weighted by atomic mass is 10.2. The molecule has 0 radical (unpaired) electrons. The van der Waals surface area contributed by atoms with Crippen molar-refractivity contribution >= 4 is 23.2 Å². The van der Waals surface area contributed by atoms with E-state index in [2.05, 4.69) is 6.58 Å². The molecule has 0 spiro atoms. The van der Waals surface area contributed by atoms with Crippen LogP contribution in [0.3, 0.4) is 0 Å². The molecule has 1 atom stereocenters. The molecule has 0 fully saturated rings. The predicted octanol–water partition coefficient (Wildman–Crippen LogP) is 2.54. The summed E-state index contributed by atoms with van der Waals surface area (Å²) in [6.07, 6.45) is 3.17. The van der Waals surface area contributed by atoms with Crippen LogP contribution in [0.25, 0.3) is 0 Å². The summed E-state index contributed by atoms with van der Waals surface area (Å²) < 4.78 is 0. The number of ketones is 1. The van der Waals surface area contributed by atoms with Crippen molar-refractivity contribution in [1.29, 1.82) is 0 Å². The maximum atomic E-state index is 11.6. The van der Waals surface area contributed by atoms with Crippen LogP contribution < -0.4 is 10.6 Å². The molecule has 0 aliphatic carbocycles. The van der Waals surface area contributed by atoms with E-state index in [1.54, 1.807) is 24.8 Å². The van der Waals surface area contributed by atoms with Gasteiger partial charge in [0.25, 0.3) is 0 Å². The van der Waals surface area contributed by atoms with Crippen molar-refractivity contribution in [3.8, 4) is 0 Å². The van der Waals surface area contributed by atoms with Gasteiger partial charge in [-0.3, -0.25) is 4.79 Å². The van der Waals surface area contributed by atoms with Crippen molar-refractivity contribution < 1.29 is 4.79 Å². The van der Waals surface area contributed by atoms with Gasteiger partial charge in [0.05, 0.1) is 5.69 Å². The van der Waals surface area contributed by atoms with E-state index in [1.807, 2.05) is 35.4 Å². The summed E-state index contributed by atoms with van der Waals surface area (Å²) in [7, 11) is 0. The molecule has 1 aromatic rings. The van der Waals surface area contributed by atoms with Crippen molar-refractivity contribution in [3.05, 3.63) is 48.7 Å². The van der Waals surface area contributed by atoms with E-state index >= 15 is 0 Å². The molecule has 0 bridgehead atoms. The number of anilines is 1. The minimum atomic E-state index is -0.334. The molecule has 0 amide bonds. The molecular weight excluding hydrogens is 244 g/mol. The number of nitrogens with zero attached hydrogens (tertiary/aromatic N) is 1. The molecule has 1 aliphatic heterocycles. The Labute approximate surface area is 111 Å². The second kappa shape index (κ2) is 5.42. The zero-order valence-electron chi connectivity index (χ0n) is 10.3. The van der Waals surface area contributed by atoms with Gasteiger partial charge in [0.15, 0.2) is 5.78 Å². The fourth-order valence-electron chi connectivity index (χ4n) is 1.78. The highest BCUT2D eigenvalue weighted by Crippen LogP contribution is 2.35. The van der Waals surface area contributed by atoms with Crippen molar-refractivity contribution in [2.75, 3.05) is 10.7 Å². The first kappa shape index (κ1) is 12.9. The normalized spacial score (nSPS) is 16.3. The minimum Gasteiger partial charge on any atom is -0.327 e. The lowest BCUT2D eigenvalue weighted by Crippen LogP contribution is -2.37. The molecule has 0 saturated heterocycles. The van der Waals surface area contributed by atoms with E-state index in [-0.39, 0.29) is 11.9 Å². The molecule has 1 aromatic carbocycles. The summed E-state index contributed by atoms with van der Waals surface area (Å²) in [5.74, 6) is 0.753. The molecule has 3 nitrogen and oxygen atoms in total. The largest absolute Gasteiger partial charge is 0.327 e. The third-order valence-electron chi connectivity index (χ3n) is 2.84. The number of rotatable bonds is 3. The fourth-order valence-corrected chi connectivity index (χ4v) is 2.86. The monoisotopic (exact) mass is 260 g/mol. The first-order chi connectivity index (χ1) is 8.63. The van der Waals surface area contributed by atoms with Gasteiger partial charge in [-0.05, 0) is 19.1 Å². The van der Waals surface area contributed by atoms with Crippen LogP contribution in [0.4, 0.5) is 5.69 Å². The average Bonchev–Trinajstić information content (AvgIpc) is 2.57. The lowest BCUT2D eigenvalue weighted by Gasteiger charge is -2.26. The second-order valence-electron chi connectivity index (χ2n) is 4.10. The molecule has 0 saturated carbocycles.